The molecule has 1 aromatic rings. The molecule has 0 unspecified atom stereocenters. The van der Waals surface area contributed by atoms with Crippen LogP contribution in [0.2, 0.25) is 0 Å². The van der Waals surface area contributed by atoms with Crippen LogP contribution in [-0.4, -0.2) is 16.3 Å². The first-order valence-electron chi connectivity index (χ1n) is 5.83. The molecule has 0 aliphatic rings. The molecule has 0 aliphatic heterocycles. The molecular weight excluding hydrogens is 186 g/mol. The van der Waals surface area contributed by atoms with Gasteiger partial charge in [0.1, 0.15) is 0 Å². The van der Waals surface area contributed by atoms with E-state index in [4.69, 9.17) is 0 Å². The lowest BCUT2D eigenvalue weighted by molar-refractivity contribution is 0.515. The zero-order chi connectivity index (χ0) is 11.4. The van der Waals surface area contributed by atoms with Gasteiger partial charge in [0, 0.05) is 23.8 Å². The maximum Gasteiger partial charge on any atom is 0.0641 e. The molecular formula is C12H23N3. The van der Waals surface area contributed by atoms with Crippen LogP contribution in [0.3, 0.4) is 0 Å². The summed E-state index contributed by atoms with van der Waals surface area (Å²) in [6.45, 7) is 12.8. The largest absolute Gasteiger partial charge is 0.313 e. The summed E-state index contributed by atoms with van der Waals surface area (Å²) in [6.07, 6.45) is 1.18. The van der Waals surface area contributed by atoms with Gasteiger partial charge in [0.2, 0.25) is 0 Å². The molecule has 86 valence electrons. The second kappa shape index (κ2) is 5.31. The Morgan fingerprint density at radius 2 is 2.00 bits per heavy atom. The summed E-state index contributed by atoms with van der Waals surface area (Å²) < 4.78 is 2.11. The highest BCUT2D eigenvalue weighted by Gasteiger charge is 2.12. The molecule has 0 spiro atoms. The zero-order valence-electron chi connectivity index (χ0n) is 10.6. The lowest BCUT2D eigenvalue weighted by atomic mass is 10.2. The fourth-order valence-electron chi connectivity index (χ4n) is 1.85. The molecule has 0 fully saturated rings. The summed E-state index contributed by atoms with van der Waals surface area (Å²) >= 11 is 0. The van der Waals surface area contributed by atoms with Crippen LogP contribution < -0.4 is 5.32 Å². The highest BCUT2D eigenvalue weighted by Crippen LogP contribution is 2.16. The minimum absolute atomic E-state index is 0.448. The van der Waals surface area contributed by atoms with Gasteiger partial charge in [0.25, 0.3) is 0 Å². The van der Waals surface area contributed by atoms with Gasteiger partial charge < -0.3 is 5.32 Å². The van der Waals surface area contributed by atoms with Gasteiger partial charge in [-0.1, -0.05) is 6.92 Å². The van der Waals surface area contributed by atoms with E-state index in [1.165, 1.54) is 17.7 Å². The normalized spacial score (nSPS) is 11.3. The third-order valence-electron chi connectivity index (χ3n) is 2.69. The Morgan fingerprint density at radius 3 is 2.47 bits per heavy atom. The van der Waals surface area contributed by atoms with Crippen molar-refractivity contribution in [2.75, 3.05) is 6.54 Å². The van der Waals surface area contributed by atoms with Crippen molar-refractivity contribution in [2.45, 2.75) is 53.6 Å². The zero-order valence-corrected chi connectivity index (χ0v) is 10.6. The van der Waals surface area contributed by atoms with Crippen LogP contribution in [0, 0.1) is 13.8 Å². The Kier molecular flexibility index (Phi) is 4.33. The van der Waals surface area contributed by atoms with Gasteiger partial charge >= 0.3 is 0 Å². The molecule has 0 aromatic carbocycles. The summed E-state index contributed by atoms with van der Waals surface area (Å²) in [4.78, 5) is 0. The van der Waals surface area contributed by atoms with Crippen molar-refractivity contribution < 1.29 is 0 Å². The van der Waals surface area contributed by atoms with Gasteiger partial charge in [0.15, 0.2) is 0 Å². The Balaban J connectivity index is 2.79. The van der Waals surface area contributed by atoms with E-state index in [1.807, 2.05) is 0 Å². The van der Waals surface area contributed by atoms with Crippen molar-refractivity contribution in [3.8, 4) is 0 Å². The lowest BCUT2D eigenvalue weighted by Crippen LogP contribution is -2.15. The molecule has 0 aliphatic carbocycles. The van der Waals surface area contributed by atoms with E-state index < -0.39 is 0 Å². The lowest BCUT2D eigenvalue weighted by Gasteiger charge is -2.09. The number of aromatic nitrogens is 2. The second-order valence-corrected chi connectivity index (χ2v) is 4.36. The number of hydrogen-bond acceptors (Lipinski definition) is 2. The van der Waals surface area contributed by atoms with Crippen LogP contribution in [0.4, 0.5) is 0 Å². The minimum atomic E-state index is 0.448. The topological polar surface area (TPSA) is 29.9 Å². The quantitative estimate of drug-likeness (QED) is 0.755. The monoisotopic (exact) mass is 209 g/mol. The van der Waals surface area contributed by atoms with Gasteiger partial charge in [-0.3, -0.25) is 4.68 Å². The van der Waals surface area contributed by atoms with E-state index >= 15 is 0 Å². The molecule has 1 N–H and O–H groups in total. The molecule has 0 bridgehead atoms. The van der Waals surface area contributed by atoms with Crippen molar-refractivity contribution >= 4 is 0 Å². The van der Waals surface area contributed by atoms with Crippen LogP contribution >= 0.6 is 0 Å². The van der Waals surface area contributed by atoms with Gasteiger partial charge in [-0.15, -0.1) is 0 Å². The molecule has 0 amide bonds. The van der Waals surface area contributed by atoms with Crippen LogP contribution in [0.5, 0.6) is 0 Å². The number of hydrogen-bond donors (Lipinski definition) is 1. The first kappa shape index (κ1) is 12.2. The van der Waals surface area contributed by atoms with Crippen molar-refractivity contribution in [1.82, 2.24) is 15.1 Å². The summed E-state index contributed by atoms with van der Waals surface area (Å²) in [6, 6.07) is 0.448. The molecule has 0 saturated heterocycles. The highest BCUT2D eigenvalue weighted by molar-refractivity contribution is 5.24. The predicted octanol–water partition coefficient (Wildman–Crippen LogP) is 2.58. The Bertz CT molecular complexity index is 313. The Labute approximate surface area is 92.9 Å². The van der Waals surface area contributed by atoms with E-state index in [-0.39, 0.29) is 0 Å². The van der Waals surface area contributed by atoms with Gasteiger partial charge in [0.05, 0.1) is 5.69 Å². The van der Waals surface area contributed by atoms with Gasteiger partial charge in [-0.2, -0.15) is 5.10 Å². The number of rotatable bonds is 5. The van der Waals surface area contributed by atoms with Crippen LogP contribution in [0.1, 0.15) is 50.2 Å². The van der Waals surface area contributed by atoms with Gasteiger partial charge in [-0.05, 0) is 40.7 Å². The van der Waals surface area contributed by atoms with Crippen LogP contribution in [0.15, 0.2) is 0 Å². The summed E-state index contributed by atoms with van der Waals surface area (Å²) in [7, 11) is 0. The average Bonchev–Trinajstić information content (AvgIpc) is 2.45. The standard InChI is InChI=1S/C12H23N3/c1-6-7-13-8-12-10(4)14-15(9(2)3)11(12)5/h9,13H,6-8H2,1-5H3. The van der Waals surface area contributed by atoms with Crippen LogP contribution in [-0.2, 0) is 6.54 Å². The first-order valence-corrected chi connectivity index (χ1v) is 5.83. The maximum absolute atomic E-state index is 4.57. The van der Waals surface area contributed by atoms with Crippen LogP contribution in [0.25, 0.3) is 0 Å². The van der Waals surface area contributed by atoms with E-state index in [2.05, 4.69) is 49.7 Å². The number of nitrogens with zero attached hydrogens (tertiary/aromatic N) is 2. The first-order chi connectivity index (χ1) is 7.07. The van der Waals surface area contributed by atoms with Crippen molar-refractivity contribution in [3.05, 3.63) is 17.0 Å². The number of nitrogens with one attached hydrogen (secondary N) is 1. The van der Waals surface area contributed by atoms with E-state index in [9.17, 15) is 0 Å². The molecule has 1 heterocycles. The van der Waals surface area contributed by atoms with E-state index in [0.717, 1.165) is 18.8 Å². The summed E-state index contributed by atoms with van der Waals surface area (Å²) in [5.74, 6) is 0. The molecule has 15 heavy (non-hydrogen) atoms. The average molecular weight is 209 g/mol. The highest BCUT2D eigenvalue weighted by atomic mass is 15.3. The molecule has 0 saturated carbocycles. The predicted molar refractivity (Wildman–Crippen MR) is 64.1 cm³/mol. The Morgan fingerprint density at radius 1 is 1.33 bits per heavy atom. The molecule has 3 nitrogen and oxygen atoms in total. The summed E-state index contributed by atoms with van der Waals surface area (Å²) in [5.41, 5.74) is 3.81. The fraction of sp³-hybridized carbons (Fsp3) is 0.750. The fourth-order valence-corrected chi connectivity index (χ4v) is 1.85. The molecule has 3 heteroatoms. The van der Waals surface area contributed by atoms with Gasteiger partial charge in [-0.25, -0.2) is 0 Å². The second-order valence-electron chi connectivity index (χ2n) is 4.36. The maximum atomic E-state index is 4.57. The third kappa shape index (κ3) is 2.81. The molecule has 1 aromatic heterocycles. The molecule has 1 rings (SSSR count). The smallest absolute Gasteiger partial charge is 0.0641 e. The SMILES string of the molecule is CCCNCc1c(C)nn(C(C)C)c1C. The third-order valence-corrected chi connectivity index (χ3v) is 2.69. The Hall–Kier alpha value is -0.830. The molecule has 0 radical (unpaired) electrons. The van der Waals surface area contributed by atoms with Crippen molar-refractivity contribution in [3.63, 3.8) is 0 Å². The number of aryl methyl sites for hydroxylation is 1. The van der Waals surface area contributed by atoms with Crippen molar-refractivity contribution in [1.29, 1.82) is 0 Å². The van der Waals surface area contributed by atoms with Crippen molar-refractivity contribution in [2.24, 2.45) is 0 Å². The van der Waals surface area contributed by atoms with E-state index in [0.29, 0.717) is 6.04 Å². The van der Waals surface area contributed by atoms with E-state index in [1.54, 1.807) is 0 Å². The molecule has 0 atom stereocenters. The minimum Gasteiger partial charge on any atom is -0.313 e. The summed E-state index contributed by atoms with van der Waals surface area (Å²) in [5, 5.41) is 8.00.